The molecule has 0 radical (unpaired) electrons. The number of rotatable bonds is 6. The molecule has 0 bridgehead atoms. The lowest BCUT2D eigenvalue weighted by Gasteiger charge is -2.09. The van der Waals surface area contributed by atoms with E-state index in [1.54, 1.807) is 0 Å². The van der Waals surface area contributed by atoms with Gasteiger partial charge in [0.1, 0.15) is 12.4 Å². The average Bonchev–Trinajstić information content (AvgIpc) is 2.74. The summed E-state index contributed by atoms with van der Waals surface area (Å²) < 4.78 is 7.61. The Balaban J connectivity index is 2.05. The van der Waals surface area contributed by atoms with E-state index in [1.807, 2.05) is 42.8 Å². The van der Waals surface area contributed by atoms with E-state index in [0.717, 1.165) is 29.2 Å². The molecule has 108 valence electrons. The van der Waals surface area contributed by atoms with Crippen molar-refractivity contribution in [3.8, 4) is 5.75 Å². The smallest absolute Gasteiger partial charge is 0.131 e. The second kappa shape index (κ2) is 6.77. The quantitative estimate of drug-likeness (QED) is 0.891. The minimum atomic E-state index is 0.158. The van der Waals surface area contributed by atoms with Crippen LogP contribution in [0.4, 0.5) is 0 Å². The van der Waals surface area contributed by atoms with E-state index in [1.165, 1.54) is 0 Å². The van der Waals surface area contributed by atoms with Crippen molar-refractivity contribution in [3.05, 3.63) is 46.2 Å². The van der Waals surface area contributed by atoms with Crippen LogP contribution in [0.5, 0.6) is 5.75 Å². The fourth-order valence-corrected chi connectivity index (χ4v) is 2.23. The fourth-order valence-electron chi connectivity index (χ4n) is 2.04. The first kappa shape index (κ1) is 14.9. The Kier molecular flexibility index (Phi) is 5.04. The summed E-state index contributed by atoms with van der Waals surface area (Å²) in [5.41, 5.74) is 2.81. The Bertz CT molecular complexity index is 564. The Morgan fingerprint density at radius 3 is 2.60 bits per heavy atom. The molecular weight excluding hydrogens is 276 g/mol. The summed E-state index contributed by atoms with van der Waals surface area (Å²) in [4.78, 5) is 0. The Labute approximate surface area is 123 Å². The van der Waals surface area contributed by atoms with Crippen LogP contribution in [-0.2, 0) is 19.6 Å². The zero-order chi connectivity index (χ0) is 14.5. The summed E-state index contributed by atoms with van der Waals surface area (Å²) in [7, 11) is 0. The third-order valence-corrected chi connectivity index (χ3v) is 3.64. The van der Waals surface area contributed by atoms with Gasteiger partial charge in [0.2, 0.25) is 0 Å². The lowest BCUT2D eigenvalue weighted by Crippen LogP contribution is -2.06. The van der Waals surface area contributed by atoms with Gasteiger partial charge < -0.3 is 9.84 Å². The molecule has 2 aromatic rings. The van der Waals surface area contributed by atoms with Crippen LogP contribution in [0, 0.1) is 6.92 Å². The monoisotopic (exact) mass is 294 g/mol. The molecule has 0 saturated heterocycles. The molecule has 0 amide bonds. The highest BCUT2D eigenvalue weighted by molar-refractivity contribution is 6.31. The lowest BCUT2D eigenvalue weighted by molar-refractivity contribution is 0.291. The van der Waals surface area contributed by atoms with E-state index in [2.05, 4.69) is 5.10 Å². The third-order valence-electron chi connectivity index (χ3n) is 3.15. The number of hydrogen-bond acceptors (Lipinski definition) is 3. The van der Waals surface area contributed by atoms with E-state index in [-0.39, 0.29) is 6.61 Å². The highest BCUT2D eigenvalue weighted by atomic mass is 35.5. The van der Waals surface area contributed by atoms with Gasteiger partial charge in [0.25, 0.3) is 0 Å². The SMILES string of the molecule is CCn1nc(C)c(Cl)c1COc1ccc(CCO)cc1. The Morgan fingerprint density at radius 1 is 1.30 bits per heavy atom. The summed E-state index contributed by atoms with van der Waals surface area (Å²) in [6.45, 7) is 5.23. The number of benzene rings is 1. The number of hydrogen-bond donors (Lipinski definition) is 1. The predicted octanol–water partition coefficient (Wildman–Crippen LogP) is 2.98. The first-order chi connectivity index (χ1) is 9.65. The molecule has 0 aliphatic heterocycles. The summed E-state index contributed by atoms with van der Waals surface area (Å²) in [6, 6.07) is 7.71. The van der Waals surface area contributed by atoms with Crippen LogP contribution in [0.15, 0.2) is 24.3 Å². The minimum Gasteiger partial charge on any atom is -0.487 e. The van der Waals surface area contributed by atoms with Crippen molar-refractivity contribution in [2.24, 2.45) is 0 Å². The number of nitrogens with zero attached hydrogens (tertiary/aromatic N) is 2. The zero-order valence-corrected chi connectivity index (χ0v) is 12.5. The summed E-state index contributed by atoms with van der Waals surface area (Å²) >= 11 is 6.23. The van der Waals surface area contributed by atoms with Crippen LogP contribution in [-0.4, -0.2) is 21.5 Å². The van der Waals surface area contributed by atoms with Gasteiger partial charge in [-0.15, -0.1) is 0 Å². The number of aromatic nitrogens is 2. The summed E-state index contributed by atoms with van der Waals surface area (Å²) in [6.07, 6.45) is 0.661. The van der Waals surface area contributed by atoms with Crippen LogP contribution in [0.25, 0.3) is 0 Å². The van der Waals surface area contributed by atoms with Gasteiger partial charge in [0.05, 0.1) is 16.4 Å². The Hall–Kier alpha value is -1.52. The number of aryl methyl sites for hydroxylation is 2. The van der Waals surface area contributed by atoms with Crippen molar-refractivity contribution in [3.63, 3.8) is 0 Å². The number of aliphatic hydroxyl groups excluding tert-OH is 1. The van der Waals surface area contributed by atoms with Crippen LogP contribution >= 0.6 is 11.6 Å². The van der Waals surface area contributed by atoms with Gasteiger partial charge in [-0.3, -0.25) is 4.68 Å². The van der Waals surface area contributed by atoms with Crippen LogP contribution in [0.3, 0.4) is 0 Å². The van der Waals surface area contributed by atoms with Gasteiger partial charge in [-0.05, 0) is 38.0 Å². The normalized spacial score (nSPS) is 10.8. The molecule has 0 spiro atoms. The molecule has 1 heterocycles. The van der Waals surface area contributed by atoms with Gasteiger partial charge in [0.15, 0.2) is 0 Å². The molecule has 1 aromatic heterocycles. The molecule has 4 nitrogen and oxygen atoms in total. The van der Waals surface area contributed by atoms with Crippen molar-refractivity contribution >= 4 is 11.6 Å². The largest absolute Gasteiger partial charge is 0.487 e. The number of aliphatic hydroxyl groups is 1. The molecule has 0 fully saturated rings. The predicted molar refractivity (Wildman–Crippen MR) is 79.2 cm³/mol. The standard InChI is InChI=1S/C15H19ClN2O2/c1-3-18-14(15(16)11(2)17-18)10-20-13-6-4-12(5-7-13)8-9-19/h4-7,19H,3,8-10H2,1-2H3. The van der Waals surface area contributed by atoms with E-state index >= 15 is 0 Å². The van der Waals surface area contributed by atoms with Gasteiger partial charge in [-0.1, -0.05) is 23.7 Å². The molecule has 0 atom stereocenters. The van der Waals surface area contributed by atoms with Crippen molar-refractivity contribution < 1.29 is 9.84 Å². The molecule has 0 saturated carbocycles. The fraction of sp³-hybridized carbons (Fsp3) is 0.400. The van der Waals surface area contributed by atoms with Gasteiger partial charge in [-0.2, -0.15) is 5.10 Å². The molecule has 0 aliphatic rings. The van der Waals surface area contributed by atoms with Crippen molar-refractivity contribution in [1.82, 2.24) is 9.78 Å². The number of halogens is 1. The maximum atomic E-state index is 8.88. The molecule has 2 rings (SSSR count). The van der Waals surface area contributed by atoms with Gasteiger partial charge in [-0.25, -0.2) is 0 Å². The lowest BCUT2D eigenvalue weighted by atomic mass is 10.1. The van der Waals surface area contributed by atoms with Crippen LogP contribution in [0.1, 0.15) is 23.9 Å². The number of ether oxygens (including phenoxy) is 1. The zero-order valence-electron chi connectivity index (χ0n) is 11.8. The van der Waals surface area contributed by atoms with E-state index in [9.17, 15) is 0 Å². The second-order valence-electron chi connectivity index (χ2n) is 4.57. The molecular formula is C15H19ClN2O2. The highest BCUT2D eigenvalue weighted by Crippen LogP contribution is 2.22. The minimum absolute atomic E-state index is 0.158. The van der Waals surface area contributed by atoms with E-state index < -0.39 is 0 Å². The molecule has 1 N–H and O–H groups in total. The van der Waals surface area contributed by atoms with E-state index in [4.69, 9.17) is 21.4 Å². The summed E-state index contributed by atoms with van der Waals surface area (Å²) in [5.74, 6) is 0.782. The van der Waals surface area contributed by atoms with Gasteiger partial charge >= 0.3 is 0 Å². The van der Waals surface area contributed by atoms with Crippen molar-refractivity contribution in [2.45, 2.75) is 33.4 Å². The first-order valence-corrected chi connectivity index (χ1v) is 7.07. The van der Waals surface area contributed by atoms with Crippen molar-refractivity contribution in [1.29, 1.82) is 0 Å². The van der Waals surface area contributed by atoms with Crippen LogP contribution in [0.2, 0.25) is 5.02 Å². The molecule has 1 aromatic carbocycles. The highest BCUT2D eigenvalue weighted by Gasteiger charge is 2.12. The average molecular weight is 295 g/mol. The Morgan fingerprint density at radius 2 is 2.00 bits per heavy atom. The second-order valence-corrected chi connectivity index (χ2v) is 4.95. The van der Waals surface area contributed by atoms with Crippen LogP contribution < -0.4 is 4.74 Å². The first-order valence-electron chi connectivity index (χ1n) is 6.70. The molecule has 0 unspecified atom stereocenters. The molecule has 5 heteroatoms. The van der Waals surface area contributed by atoms with E-state index in [0.29, 0.717) is 18.1 Å². The summed E-state index contributed by atoms with van der Waals surface area (Å²) in [5, 5.41) is 13.9. The van der Waals surface area contributed by atoms with Crippen molar-refractivity contribution in [2.75, 3.05) is 6.61 Å². The molecule has 20 heavy (non-hydrogen) atoms. The topological polar surface area (TPSA) is 47.3 Å². The van der Waals surface area contributed by atoms with Gasteiger partial charge in [0, 0.05) is 13.2 Å². The maximum Gasteiger partial charge on any atom is 0.131 e. The molecule has 0 aliphatic carbocycles. The maximum absolute atomic E-state index is 8.88. The third kappa shape index (κ3) is 3.32.